The van der Waals surface area contributed by atoms with Crippen molar-refractivity contribution in [2.75, 3.05) is 18.1 Å². The number of thioether (sulfide) groups is 1. The number of carbonyl (C=O) groups is 2. The van der Waals surface area contributed by atoms with Gasteiger partial charge in [0, 0.05) is 11.1 Å². The second-order valence-corrected chi connectivity index (χ2v) is 8.67. The molecule has 30 heavy (non-hydrogen) atoms. The first kappa shape index (κ1) is 26.5. The van der Waals surface area contributed by atoms with Gasteiger partial charge < -0.3 is 14.8 Å². The summed E-state index contributed by atoms with van der Waals surface area (Å²) in [5, 5.41) is 18.1. The maximum Gasteiger partial charge on any atom is 0.488 e. The van der Waals surface area contributed by atoms with E-state index in [0.717, 1.165) is 25.0 Å². The minimum Gasteiger partial charge on any atom is -0.462 e. The fourth-order valence-corrected chi connectivity index (χ4v) is 3.83. The number of carbonyl (C=O) groups excluding carboxylic acids is 2. The van der Waals surface area contributed by atoms with Crippen molar-refractivity contribution in [2.24, 2.45) is 0 Å². The second-order valence-electron chi connectivity index (χ2n) is 7.57. The molecule has 166 valence electrons. The van der Waals surface area contributed by atoms with Crippen molar-refractivity contribution in [1.82, 2.24) is 0 Å². The van der Waals surface area contributed by atoms with E-state index in [0.29, 0.717) is 29.0 Å². The summed E-state index contributed by atoms with van der Waals surface area (Å²) in [4.78, 5) is 23.3. The lowest BCUT2D eigenvalue weighted by molar-refractivity contribution is -0.139. The highest BCUT2D eigenvalue weighted by molar-refractivity contribution is 7.99. The summed E-state index contributed by atoms with van der Waals surface area (Å²) in [5.74, 6) is 1.23. The number of hydrogen-bond acceptors (Lipinski definition) is 6. The Morgan fingerprint density at radius 2 is 1.47 bits per heavy atom. The van der Waals surface area contributed by atoms with Crippen molar-refractivity contribution < 1.29 is 24.4 Å². The molecule has 0 saturated heterocycles. The number of rotatable bonds is 17. The van der Waals surface area contributed by atoms with E-state index in [1.807, 2.05) is 0 Å². The Hall–Kier alpha value is -1.57. The van der Waals surface area contributed by atoms with Gasteiger partial charge in [-0.25, -0.2) is 4.79 Å². The van der Waals surface area contributed by atoms with Crippen LogP contribution in [0.1, 0.15) is 75.1 Å². The molecule has 5 nitrogen and oxygen atoms in total. The smallest absolute Gasteiger partial charge is 0.462 e. The van der Waals surface area contributed by atoms with Gasteiger partial charge >= 0.3 is 13.1 Å². The van der Waals surface area contributed by atoms with Crippen LogP contribution in [0.2, 0.25) is 0 Å². The van der Waals surface area contributed by atoms with Gasteiger partial charge in [-0.3, -0.25) is 4.79 Å². The summed E-state index contributed by atoms with van der Waals surface area (Å²) in [6.45, 7) is 5.71. The highest BCUT2D eigenvalue weighted by Gasteiger charge is 2.12. The number of Topliss-reactive ketones (excluding diaryl/α,β-unsaturated/α-hetero) is 1. The topological polar surface area (TPSA) is 83.8 Å². The molecule has 0 saturated carbocycles. The quantitative estimate of drug-likeness (QED) is 0.127. The van der Waals surface area contributed by atoms with E-state index in [-0.39, 0.29) is 11.8 Å². The van der Waals surface area contributed by atoms with Gasteiger partial charge in [0.2, 0.25) is 0 Å². The molecule has 0 bridgehead atoms. The Kier molecular flexibility index (Phi) is 14.3. The van der Waals surface area contributed by atoms with Gasteiger partial charge in [0.15, 0.2) is 5.78 Å². The maximum absolute atomic E-state index is 12.1. The minimum absolute atomic E-state index is 0.0772. The molecule has 1 aromatic carbocycles. The minimum atomic E-state index is -1.50. The molecule has 1 aromatic rings. The van der Waals surface area contributed by atoms with E-state index in [1.54, 1.807) is 43.0 Å². The standard InChI is InChI=1S/C23H35BO5S/c1-19(2)23(26)29-16-10-8-6-4-3-5-7-9-11-17-30-18-22(25)20-12-14-21(15-13-20)24(27)28/h12-15,27-28H,1,3-11,16-18H2,2H3. The predicted octanol–water partition coefficient (Wildman–Crippen LogP) is 3.91. The zero-order valence-corrected chi connectivity index (χ0v) is 18.9. The van der Waals surface area contributed by atoms with Crippen LogP contribution < -0.4 is 5.46 Å². The normalized spacial score (nSPS) is 10.6. The Morgan fingerprint density at radius 1 is 0.933 bits per heavy atom. The number of ether oxygens (including phenoxy) is 1. The molecule has 0 unspecified atom stereocenters. The van der Waals surface area contributed by atoms with Crippen LogP contribution in [0.5, 0.6) is 0 Å². The van der Waals surface area contributed by atoms with E-state index in [4.69, 9.17) is 14.8 Å². The molecule has 0 heterocycles. The predicted molar refractivity (Wildman–Crippen MR) is 125 cm³/mol. The van der Waals surface area contributed by atoms with Gasteiger partial charge in [0.25, 0.3) is 0 Å². The van der Waals surface area contributed by atoms with Crippen LogP contribution in [0.15, 0.2) is 36.4 Å². The van der Waals surface area contributed by atoms with Gasteiger partial charge in [-0.15, -0.1) is 0 Å². The fraction of sp³-hybridized carbons (Fsp3) is 0.565. The van der Waals surface area contributed by atoms with E-state index in [2.05, 4.69) is 6.58 Å². The van der Waals surface area contributed by atoms with Crippen molar-refractivity contribution in [2.45, 2.75) is 64.7 Å². The molecule has 7 heteroatoms. The monoisotopic (exact) mass is 434 g/mol. The summed E-state index contributed by atoms with van der Waals surface area (Å²) in [6, 6.07) is 6.43. The first-order chi connectivity index (χ1) is 14.4. The Bertz CT molecular complexity index is 645. The van der Waals surface area contributed by atoms with Crippen molar-refractivity contribution >= 4 is 36.1 Å². The average Bonchev–Trinajstić information content (AvgIpc) is 2.73. The highest BCUT2D eigenvalue weighted by atomic mass is 32.2. The highest BCUT2D eigenvalue weighted by Crippen LogP contribution is 2.13. The second kappa shape index (κ2) is 16.2. The third kappa shape index (κ3) is 12.2. The van der Waals surface area contributed by atoms with E-state index in [9.17, 15) is 9.59 Å². The largest absolute Gasteiger partial charge is 0.488 e. The van der Waals surface area contributed by atoms with Crippen molar-refractivity contribution in [3.05, 3.63) is 42.0 Å². The maximum atomic E-state index is 12.1. The van der Waals surface area contributed by atoms with Crippen LogP contribution in [-0.2, 0) is 9.53 Å². The molecule has 2 N–H and O–H groups in total. The summed E-state index contributed by atoms with van der Waals surface area (Å²) >= 11 is 1.66. The number of unbranched alkanes of at least 4 members (excludes halogenated alkanes) is 8. The Balaban J connectivity index is 1.90. The lowest BCUT2D eigenvalue weighted by atomic mass is 9.80. The molecule has 0 aliphatic carbocycles. The molecule has 0 amide bonds. The summed E-state index contributed by atoms with van der Waals surface area (Å²) in [5.41, 5.74) is 1.46. The Morgan fingerprint density at radius 3 is 2.00 bits per heavy atom. The summed E-state index contributed by atoms with van der Waals surface area (Å²) in [6.07, 6.45) is 10.5. The molecular weight excluding hydrogens is 399 g/mol. The van der Waals surface area contributed by atoms with Gasteiger partial charge in [0.05, 0.1) is 12.4 Å². The molecule has 0 aromatic heterocycles. The molecular formula is C23H35BO5S. The van der Waals surface area contributed by atoms with Gasteiger partial charge in [-0.2, -0.15) is 11.8 Å². The molecule has 0 aliphatic heterocycles. The van der Waals surface area contributed by atoms with E-state index >= 15 is 0 Å². The molecule has 0 fully saturated rings. The molecule has 0 radical (unpaired) electrons. The number of hydrogen-bond donors (Lipinski definition) is 2. The van der Waals surface area contributed by atoms with Crippen LogP contribution in [0.25, 0.3) is 0 Å². The van der Waals surface area contributed by atoms with Crippen LogP contribution in [0, 0.1) is 0 Å². The molecule has 0 atom stereocenters. The van der Waals surface area contributed by atoms with Gasteiger partial charge in [-0.05, 0) is 31.0 Å². The van der Waals surface area contributed by atoms with E-state index < -0.39 is 7.12 Å². The van der Waals surface area contributed by atoms with Crippen molar-refractivity contribution in [1.29, 1.82) is 0 Å². The lowest BCUT2D eigenvalue weighted by Gasteiger charge is -2.05. The SMILES string of the molecule is C=C(C)C(=O)OCCCCCCCCCCCSCC(=O)c1ccc(B(O)O)cc1. The molecule has 1 rings (SSSR count). The zero-order chi connectivity index (χ0) is 22.2. The average molecular weight is 434 g/mol. The van der Waals surface area contributed by atoms with Crippen LogP contribution in [0.3, 0.4) is 0 Å². The zero-order valence-electron chi connectivity index (χ0n) is 18.1. The van der Waals surface area contributed by atoms with Crippen LogP contribution >= 0.6 is 11.8 Å². The van der Waals surface area contributed by atoms with Crippen molar-refractivity contribution in [3.8, 4) is 0 Å². The van der Waals surface area contributed by atoms with Gasteiger partial charge in [0.1, 0.15) is 0 Å². The first-order valence-electron chi connectivity index (χ1n) is 10.8. The van der Waals surface area contributed by atoms with Crippen LogP contribution in [-0.4, -0.2) is 47.0 Å². The van der Waals surface area contributed by atoms with E-state index in [1.165, 1.54) is 38.5 Å². The third-order valence-corrected chi connectivity index (χ3v) is 5.82. The third-order valence-electron chi connectivity index (χ3n) is 4.78. The molecule has 0 aliphatic rings. The fourth-order valence-electron chi connectivity index (χ4n) is 2.92. The lowest BCUT2D eigenvalue weighted by Crippen LogP contribution is -2.29. The Labute approximate surface area is 185 Å². The number of esters is 1. The molecule has 0 spiro atoms. The van der Waals surface area contributed by atoms with Crippen LogP contribution in [0.4, 0.5) is 0 Å². The number of ketones is 1. The summed E-state index contributed by atoms with van der Waals surface area (Å²) in [7, 11) is -1.50. The first-order valence-corrected chi connectivity index (χ1v) is 12.0. The summed E-state index contributed by atoms with van der Waals surface area (Å²) < 4.78 is 5.07. The van der Waals surface area contributed by atoms with Gasteiger partial charge in [-0.1, -0.05) is 75.8 Å². The number of benzene rings is 1. The van der Waals surface area contributed by atoms with Crippen molar-refractivity contribution in [3.63, 3.8) is 0 Å².